The molecule has 1 saturated carbocycles. The minimum Gasteiger partial charge on any atom is -0.508 e. The molecule has 2 aromatic carbocycles. The predicted octanol–water partition coefficient (Wildman–Crippen LogP) is 7.08. The first-order valence-electron chi connectivity index (χ1n) is 10.8. The smallest absolute Gasteiger partial charge is 0.115 e. The first kappa shape index (κ1) is 19.8. The molecule has 27 heavy (non-hydrogen) atoms. The molecule has 0 radical (unpaired) electrons. The molecule has 1 aliphatic rings. The van der Waals surface area contributed by atoms with Gasteiger partial charge >= 0.3 is 0 Å². The average molecular weight is 367 g/mol. The molecule has 3 rings (SSSR count). The highest BCUT2D eigenvalue weighted by atomic mass is 16.3. The maximum Gasteiger partial charge on any atom is 0.115 e. The SMILES string of the molecule is Oc1ccc(C2(c3ccc(O)cc3)CCCCCCCCCCCC2)cc1. The molecule has 0 bridgehead atoms. The summed E-state index contributed by atoms with van der Waals surface area (Å²) >= 11 is 0. The molecule has 0 aromatic heterocycles. The van der Waals surface area contributed by atoms with Gasteiger partial charge in [-0.25, -0.2) is 0 Å². The van der Waals surface area contributed by atoms with Gasteiger partial charge in [-0.1, -0.05) is 88.5 Å². The summed E-state index contributed by atoms with van der Waals surface area (Å²) in [5.41, 5.74) is 2.55. The average Bonchev–Trinajstić information content (AvgIpc) is 2.70. The maximum atomic E-state index is 9.80. The Morgan fingerprint density at radius 3 is 1.07 bits per heavy atom. The molecule has 0 heterocycles. The van der Waals surface area contributed by atoms with Gasteiger partial charge in [-0.3, -0.25) is 0 Å². The standard InChI is InChI=1S/C25H34O2/c26-23-15-11-21(12-16-23)25(22-13-17-24(27)18-14-22)19-9-7-5-3-1-2-4-6-8-10-20-25/h11-18,26-27H,1-10,19-20H2. The number of phenolic OH excluding ortho intramolecular Hbond substituents is 2. The summed E-state index contributed by atoms with van der Waals surface area (Å²) < 4.78 is 0. The van der Waals surface area contributed by atoms with Crippen LogP contribution < -0.4 is 0 Å². The predicted molar refractivity (Wildman–Crippen MR) is 112 cm³/mol. The van der Waals surface area contributed by atoms with Crippen molar-refractivity contribution < 1.29 is 10.2 Å². The van der Waals surface area contributed by atoms with E-state index in [1.54, 1.807) is 0 Å². The lowest BCUT2D eigenvalue weighted by Gasteiger charge is -2.36. The van der Waals surface area contributed by atoms with E-state index < -0.39 is 0 Å². The quantitative estimate of drug-likeness (QED) is 0.596. The number of rotatable bonds is 2. The van der Waals surface area contributed by atoms with Crippen LogP contribution in [0.3, 0.4) is 0 Å². The fourth-order valence-electron chi connectivity index (χ4n) is 4.70. The third-order valence-electron chi connectivity index (χ3n) is 6.30. The van der Waals surface area contributed by atoms with E-state index in [1.165, 1.54) is 75.3 Å². The van der Waals surface area contributed by atoms with Crippen LogP contribution in [-0.2, 0) is 5.41 Å². The first-order valence-corrected chi connectivity index (χ1v) is 10.8. The highest BCUT2D eigenvalue weighted by molar-refractivity contribution is 5.43. The van der Waals surface area contributed by atoms with Crippen LogP contribution in [0.5, 0.6) is 11.5 Å². The van der Waals surface area contributed by atoms with Gasteiger partial charge in [0.05, 0.1) is 0 Å². The number of aromatic hydroxyl groups is 2. The van der Waals surface area contributed by atoms with Crippen LogP contribution in [0, 0.1) is 0 Å². The second-order valence-corrected chi connectivity index (χ2v) is 8.21. The molecular weight excluding hydrogens is 332 g/mol. The summed E-state index contributed by atoms with van der Waals surface area (Å²) in [6, 6.07) is 15.7. The largest absolute Gasteiger partial charge is 0.508 e. The van der Waals surface area contributed by atoms with Crippen molar-refractivity contribution in [3.05, 3.63) is 59.7 Å². The molecule has 1 aliphatic carbocycles. The zero-order chi connectivity index (χ0) is 19.0. The fraction of sp³-hybridized carbons (Fsp3) is 0.520. The van der Waals surface area contributed by atoms with E-state index in [-0.39, 0.29) is 5.41 Å². The molecule has 0 amide bonds. The van der Waals surface area contributed by atoms with Crippen molar-refractivity contribution in [1.29, 1.82) is 0 Å². The molecule has 0 atom stereocenters. The Bertz CT molecular complexity index is 611. The Balaban J connectivity index is 1.95. The maximum absolute atomic E-state index is 9.80. The molecular formula is C25H34O2. The van der Waals surface area contributed by atoms with Crippen molar-refractivity contribution in [2.24, 2.45) is 0 Å². The van der Waals surface area contributed by atoms with Gasteiger partial charge in [0.2, 0.25) is 0 Å². The topological polar surface area (TPSA) is 40.5 Å². The van der Waals surface area contributed by atoms with Crippen LogP contribution in [0.4, 0.5) is 0 Å². The highest BCUT2D eigenvalue weighted by Crippen LogP contribution is 2.43. The molecule has 146 valence electrons. The third kappa shape index (κ3) is 5.28. The van der Waals surface area contributed by atoms with Gasteiger partial charge in [0, 0.05) is 5.41 Å². The van der Waals surface area contributed by atoms with Gasteiger partial charge in [-0.2, -0.15) is 0 Å². The second kappa shape index (κ2) is 9.82. The van der Waals surface area contributed by atoms with Crippen LogP contribution >= 0.6 is 0 Å². The Morgan fingerprint density at radius 1 is 0.444 bits per heavy atom. The molecule has 2 aromatic rings. The lowest BCUT2D eigenvalue weighted by molar-refractivity contribution is 0.393. The van der Waals surface area contributed by atoms with Crippen LogP contribution in [0.25, 0.3) is 0 Å². The Labute approximate surface area is 164 Å². The number of hydrogen-bond acceptors (Lipinski definition) is 2. The Morgan fingerprint density at radius 2 is 0.741 bits per heavy atom. The van der Waals surface area contributed by atoms with Gasteiger partial charge in [-0.05, 0) is 48.2 Å². The van der Waals surface area contributed by atoms with Crippen molar-refractivity contribution in [3.63, 3.8) is 0 Å². The molecule has 0 saturated heterocycles. The van der Waals surface area contributed by atoms with Crippen LogP contribution in [0.1, 0.15) is 88.2 Å². The molecule has 2 N–H and O–H groups in total. The number of benzene rings is 2. The van der Waals surface area contributed by atoms with Crippen molar-refractivity contribution in [3.8, 4) is 11.5 Å². The summed E-state index contributed by atoms with van der Waals surface area (Å²) in [7, 11) is 0. The zero-order valence-electron chi connectivity index (χ0n) is 16.5. The minimum atomic E-state index is -0.0323. The monoisotopic (exact) mass is 366 g/mol. The summed E-state index contributed by atoms with van der Waals surface area (Å²) in [5, 5.41) is 19.6. The minimum absolute atomic E-state index is 0.0323. The normalized spacial score (nSPS) is 19.4. The van der Waals surface area contributed by atoms with Crippen LogP contribution in [-0.4, -0.2) is 10.2 Å². The molecule has 1 fully saturated rings. The first-order chi connectivity index (χ1) is 13.2. The van der Waals surface area contributed by atoms with E-state index in [1.807, 2.05) is 24.3 Å². The van der Waals surface area contributed by atoms with E-state index in [9.17, 15) is 10.2 Å². The third-order valence-corrected chi connectivity index (χ3v) is 6.30. The molecule has 0 unspecified atom stereocenters. The second-order valence-electron chi connectivity index (χ2n) is 8.21. The Hall–Kier alpha value is -1.96. The van der Waals surface area contributed by atoms with Gasteiger partial charge in [0.25, 0.3) is 0 Å². The van der Waals surface area contributed by atoms with Crippen LogP contribution in [0.15, 0.2) is 48.5 Å². The lowest BCUT2D eigenvalue weighted by atomic mass is 9.68. The molecule has 0 aliphatic heterocycles. The van der Waals surface area contributed by atoms with E-state index in [2.05, 4.69) is 24.3 Å². The summed E-state index contributed by atoms with van der Waals surface area (Å²) in [6.45, 7) is 0. The van der Waals surface area contributed by atoms with E-state index in [0.29, 0.717) is 11.5 Å². The summed E-state index contributed by atoms with van der Waals surface area (Å²) in [6.07, 6.45) is 15.5. The number of phenols is 2. The lowest BCUT2D eigenvalue weighted by Crippen LogP contribution is -2.28. The molecule has 2 nitrogen and oxygen atoms in total. The van der Waals surface area contributed by atoms with E-state index in [4.69, 9.17) is 0 Å². The van der Waals surface area contributed by atoms with Crippen molar-refractivity contribution in [2.45, 2.75) is 82.5 Å². The number of hydrogen-bond donors (Lipinski definition) is 2. The molecule has 2 heteroatoms. The highest BCUT2D eigenvalue weighted by Gasteiger charge is 2.33. The summed E-state index contributed by atoms with van der Waals surface area (Å²) in [4.78, 5) is 0. The van der Waals surface area contributed by atoms with Gasteiger partial charge < -0.3 is 10.2 Å². The zero-order valence-corrected chi connectivity index (χ0v) is 16.5. The molecule has 0 spiro atoms. The van der Waals surface area contributed by atoms with Gasteiger partial charge in [0.15, 0.2) is 0 Å². The van der Waals surface area contributed by atoms with Gasteiger partial charge in [-0.15, -0.1) is 0 Å². The van der Waals surface area contributed by atoms with E-state index >= 15 is 0 Å². The Kier molecular flexibility index (Phi) is 7.20. The van der Waals surface area contributed by atoms with Gasteiger partial charge in [0.1, 0.15) is 11.5 Å². The van der Waals surface area contributed by atoms with Crippen LogP contribution in [0.2, 0.25) is 0 Å². The van der Waals surface area contributed by atoms with Crippen molar-refractivity contribution >= 4 is 0 Å². The van der Waals surface area contributed by atoms with Crippen molar-refractivity contribution in [2.75, 3.05) is 0 Å². The van der Waals surface area contributed by atoms with E-state index in [0.717, 1.165) is 12.8 Å². The summed E-state index contributed by atoms with van der Waals surface area (Å²) in [5.74, 6) is 0.647. The fourth-order valence-corrected chi connectivity index (χ4v) is 4.70. The van der Waals surface area contributed by atoms with Crippen molar-refractivity contribution in [1.82, 2.24) is 0 Å².